The van der Waals surface area contributed by atoms with Crippen molar-refractivity contribution in [1.82, 2.24) is 9.78 Å². The zero-order valence-electron chi connectivity index (χ0n) is 10.4. The Kier molecular flexibility index (Phi) is 4.06. The summed E-state index contributed by atoms with van der Waals surface area (Å²) < 4.78 is 1.87. The largest absolute Gasteiger partial charge is 0.330 e. The van der Waals surface area contributed by atoms with Crippen LogP contribution < -0.4 is 11.1 Å². The molecule has 16 heavy (non-hydrogen) atoms. The molecular weight excluding hydrogens is 204 g/mol. The van der Waals surface area contributed by atoms with Crippen LogP contribution in [-0.4, -0.2) is 22.2 Å². The van der Waals surface area contributed by atoms with Crippen molar-refractivity contribution in [3.63, 3.8) is 0 Å². The second-order valence-corrected chi connectivity index (χ2v) is 3.99. The lowest BCUT2D eigenvalue weighted by molar-refractivity contribution is -0.119. The Balaban J connectivity index is 2.89. The fraction of sp³-hybridized carbons (Fsp3) is 0.636. The quantitative estimate of drug-likeness (QED) is 0.803. The smallest absolute Gasteiger partial charge is 0.228 e. The molecule has 5 nitrogen and oxygen atoms in total. The lowest BCUT2D eigenvalue weighted by atomic mass is 10.1. The Morgan fingerprint density at radius 1 is 1.56 bits per heavy atom. The van der Waals surface area contributed by atoms with E-state index in [2.05, 4.69) is 10.4 Å². The van der Waals surface area contributed by atoms with Gasteiger partial charge in [-0.3, -0.25) is 9.48 Å². The number of nitrogens with two attached hydrogens (primary N) is 1. The second kappa shape index (κ2) is 5.12. The number of anilines is 1. The van der Waals surface area contributed by atoms with E-state index in [1.54, 1.807) is 0 Å². The molecule has 0 spiro atoms. The first-order valence-corrected chi connectivity index (χ1v) is 5.56. The summed E-state index contributed by atoms with van der Waals surface area (Å²) in [4.78, 5) is 11.7. The molecule has 0 radical (unpaired) electrons. The molecule has 0 aromatic carbocycles. The third kappa shape index (κ3) is 2.41. The Labute approximate surface area is 96.0 Å². The van der Waals surface area contributed by atoms with Gasteiger partial charge in [-0.05, 0) is 20.8 Å². The number of aryl methyl sites for hydroxylation is 2. The van der Waals surface area contributed by atoms with Crippen LogP contribution in [0.1, 0.15) is 25.2 Å². The molecule has 1 aromatic rings. The van der Waals surface area contributed by atoms with Crippen molar-refractivity contribution < 1.29 is 4.79 Å². The van der Waals surface area contributed by atoms with E-state index >= 15 is 0 Å². The molecule has 5 heteroatoms. The summed E-state index contributed by atoms with van der Waals surface area (Å²) in [5.74, 6) is -0.229. The van der Waals surface area contributed by atoms with Crippen LogP contribution in [0.15, 0.2) is 0 Å². The van der Waals surface area contributed by atoms with Gasteiger partial charge in [-0.1, -0.05) is 6.92 Å². The summed E-state index contributed by atoms with van der Waals surface area (Å²) in [5, 5.41) is 7.22. The van der Waals surface area contributed by atoms with E-state index in [1.165, 1.54) is 0 Å². The molecule has 0 fully saturated rings. The van der Waals surface area contributed by atoms with E-state index in [0.717, 1.165) is 23.6 Å². The summed E-state index contributed by atoms with van der Waals surface area (Å²) >= 11 is 0. The lowest BCUT2D eigenvalue weighted by Crippen LogP contribution is -2.27. The molecule has 0 saturated carbocycles. The van der Waals surface area contributed by atoms with E-state index in [1.807, 2.05) is 32.4 Å². The predicted molar refractivity (Wildman–Crippen MR) is 64.2 cm³/mol. The molecule has 1 heterocycles. The van der Waals surface area contributed by atoms with E-state index in [0.29, 0.717) is 6.54 Å². The maximum atomic E-state index is 11.7. The average Bonchev–Trinajstić information content (AvgIpc) is 2.55. The molecular formula is C11H20N4O. The molecule has 1 unspecified atom stereocenters. The first kappa shape index (κ1) is 12.7. The van der Waals surface area contributed by atoms with Crippen LogP contribution in [0.5, 0.6) is 0 Å². The van der Waals surface area contributed by atoms with Crippen LogP contribution in [0, 0.1) is 19.8 Å². The Hall–Kier alpha value is -1.36. The van der Waals surface area contributed by atoms with Crippen molar-refractivity contribution in [2.45, 2.75) is 34.2 Å². The maximum Gasteiger partial charge on any atom is 0.228 e. The highest BCUT2D eigenvalue weighted by atomic mass is 16.1. The number of carbonyl (C=O) groups is 1. The third-order valence-electron chi connectivity index (χ3n) is 2.73. The van der Waals surface area contributed by atoms with Crippen molar-refractivity contribution in [3.8, 4) is 0 Å². The van der Waals surface area contributed by atoms with Crippen molar-refractivity contribution in [1.29, 1.82) is 0 Å². The van der Waals surface area contributed by atoms with Crippen molar-refractivity contribution >= 4 is 11.6 Å². The number of carbonyl (C=O) groups excluding carboxylic acids is 1. The van der Waals surface area contributed by atoms with E-state index in [-0.39, 0.29) is 11.8 Å². The van der Waals surface area contributed by atoms with Crippen molar-refractivity contribution in [2.75, 3.05) is 11.9 Å². The number of nitrogens with one attached hydrogen (secondary N) is 1. The van der Waals surface area contributed by atoms with Crippen LogP contribution in [0.3, 0.4) is 0 Å². The fourth-order valence-corrected chi connectivity index (χ4v) is 1.54. The first-order chi connectivity index (χ1) is 7.51. The monoisotopic (exact) mass is 224 g/mol. The highest BCUT2D eigenvalue weighted by molar-refractivity contribution is 5.93. The molecule has 1 rings (SSSR count). The van der Waals surface area contributed by atoms with Gasteiger partial charge in [0.05, 0.1) is 17.1 Å². The summed E-state index contributed by atoms with van der Waals surface area (Å²) in [6.45, 7) is 8.83. The van der Waals surface area contributed by atoms with Gasteiger partial charge in [0, 0.05) is 19.0 Å². The average molecular weight is 224 g/mol. The van der Waals surface area contributed by atoms with Gasteiger partial charge in [-0.15, -0.1) is 0 Å². The number of aromatic nitrogens is 2. The van der Waals surface area contributed by atoms with Gasteiger partial charge in [0.15, 0.2) is 0 Å². The maximum absolute atomic E-state index is 11.7. The van der Waals surface area contributed by atoms with Crippen molar-refractivity contribution in [3.05, 3.63) is 11.4 Å². The predicted octanol–water partition coefficient (Wildman–Crippen LogP) is 1.05. The highest BCUT2D eigenvalue weighted by Crippen LogP contribution is 2.19. The number of amides is 1. The Bertz CT molecular complexity index is 384. The van der Waals surface area contributed by atoms with Gasteiger partial charge in [-0.25, -0.2) is 0 Å². The Morgan fingerprint density at radius 3 is 2.62 bits per heavy atom. The van der Waals surface area contributed by atoms with Crippen LogP contribution in [-0.2, 0) is 11.3 Å². The highest BCUT2D eigenvalue weighted by Gasteiger charge is 2.16. The number of hydrogen-bond donors (Lipinski definition) is 2. The van der Waals surface area contributed by atoms with Crippen LogP contribution >= 0.6 is 0 Å². The third-order valence-corrected chi connectivity index (χ3v) is 2.73. The van der Waals surface area contributed by atoms with Crippen molar-refractivity contribution in [2.24, 2.45) is 11.7 Å². The normalized spacial score (nSPS) is 12.6. The second-order valence-electron chi connectivity index (χ2n) is 3.99. The van der Waals surface area contributed by atoms with Crippen LogP contribution in [0.4, 0.5) is 5.69 Å². The number of rotatable bonds is 4. The fourth-order valence-electron chi connectivity index (χ4n) is 1.54. The zero-order valence-corrected chi connectivity index (χ0v) is 10.4. The summed E-state index contributed by atoms with van der Waals surface area (Å²) in [6.07, 6.45) is 0. The van der Waals surface area contributed by atoms with Gasteiger partial charge < -0.3 is 11.1 Å². The first-order valence-electron chi connectivity index (χ1n) is 5.56. The molecule has 1 atom stereocenters. The Morgan fingerprint density at radius 2 is 2.19 bits per heavy atom. The summed E-state index contributed by atoms with van der Waals surface area (Å²) in [7, 11) is 0. The van der Waals surface area contributed by atoms with Crippen LogP contribution in [0.2, 0.25) is 0 Å². The minimum atomic E-state index is -0.177. The topological polar surface area (TPSA) is 72.9 Å². The number of hydrogen-bond acceptors (Lipinski definition) is 3. The molecule has 0 saturated heterocycles. The molecule has 3 N–H and O–H groups in total. The molecule has 0 aliphatic carbocycles. The van der Waals surface area contributed by atoms with E-state index < -0.39 is 0 Å². The summed E-state index contributed by atoms with van der Waals surface area (Å²) in [5.41, 5.74) is 8.09. The van der Waals surface area contributed by atoms with E-state index in [9.17, 15) is 4.79 Å². The SMILES string of the molecule is CCn1nc(C)c(NC(=O)C(C)CN)c1C. The molecule has 1 amide bonds. The minimum Gasteiger partial charge on any atom is -0.330 e. The number of nitrogens with zero attached hydrogens (tertiary/aromatic N) is 2. The molecule has 0 aliphatic heterocycles. The zero-order chi connectivity index (χ0) is 12.3. The molecule has 0 bridgehead atoms. The molecule has 90 valence electrons. The van der Waals surface area contributed by atoms with Gasteiger partial charge in [0.2, 0.25) is 5.91 Å². The van der Waals surface area contributed by atoms with Gasteiger partial charge in [-0.2, -0.15) is 5.10 Å². The van der Waals surface area contributed by atoms with E-state index in [4.69, 9.17) is 5.73 Å². The standard InChI is InChI=1S/C11H20N4O/c1-5-15-9(4)10(8(3)14-15)13-11(16)7(2)6-12/h7H,5-6,12H2,1-4H3,(H,13,16). The van der Waals surface area contributed by atoms with Crippen LogP contribution in [0.25, 0.3) is 0 Å². The minimum absolute atomic E-state index is 0.0515. The summed E-state index contributed by atoms with van der Waals surface area (Å²) in [6, 6.07) is 0. The molecule has 1 aromatic heterocycles. The van der Waals surface area contributed by atoms with Gasteiger partial charge in [0.25, 0.3) is 0 Å². The van der Waals surface area contributed by atoms with Gasteiger partial charge in [0.1, 0.15) is 0 Å². The lowest BCUT2D eigenvalue weighted by Gasteiger charge is -2.10. The molecule has 0 aliphatic rings. The van der Waals surface area contributed by atoms with Gasteiger partial charge >= 0.3 is 0 Å².